The zero-order valence-electron chi connectivity index (χ0n) is 20.9. The van der Waals surface area contributed by atoms with Crippen LogP contribution >= 0.6 is 48.8 Å². The summed E-state index contributed by atoms with van der Waals surface area (Å²) in [6.07, 6.45) is 5.89. The molecule has 1 aromatic heterocycles. The number of nitrogens with one attached hydrogen (secondary N) is 1. The first-order valence-corrected chi connectivity index (χ1v) is 12.4. The third kappa shape index (κ3) is 7.42. The second-order valence-corrected chi connectivity index (χ2v) is 9.63. The number of carbonyl (C=O) groups is 1. The number of amides is 1. The minimum absolute atomic E-state index is 0. The van der Waals surface area contributed by atoms with E-state index in [1.165, 1.54) is 31.4 Å². The first-order chi connectivity index (χ1) is 15.5. The molecule has 198 valence electrons. The van der Waals surface area contributed by atoms with Crippen molar-refractivity contribution in [2.75, 3.05) is 44.2 Å². The minimum Gasteiger partial charge on any atom is -0.369 e. The molecule has 6 nitrogen and oxygen atoms in total. The lowest BCUT2D eigenvalue weighted by atomic mass is 10.1. The quantitative estimate of drug-likeness (QED) is 0.431. The Labute approximate surface area is 233 Å². The maximum atomic E-state index is 12.7. The highest BCUT2D eigenvalue weighted by Gasteiger charge is 2.25. The normalized spacial score (nSPS) is 16.3. The van der Waals surface area contributed by atoms with Gasteiger partial charge in [0.05, 0.1) is 0 Å². The SMILES string of the molecule is Cc1c(Cl)cccc1N1CCN(CCCNC(=O)c2nc(C)n(C3CCCC3)c2C)CC1.Cl.Cl.Cl. The maximum Gasteiger partial charge on any atom is 0.271 e. The molecule has 1 N–H and O–H groups in total. The van der Waals surface area contributed by atoms with E-state index in [0.29, 0.717) is 18.3 Å². The van der Waals surface area contributed by atoms with Crippen LogP contribution in [-0.2, 0) is 0 Å². The lowest BCUT2D eigenvalue weighted by Gasteiger charge is -2.37. The minimum atomic E-state index is -0.0383. The highest BCUT2D eigenvalue weighted by atomic mass is 35.5. The Bertz CT molecular complexity index is 954. The Balaban J connectivity index is 0.00000204. The molecule has 2 aromatic rings. The molecular weight excluding hydrogens is 528 g/mol. The number of nitrogens with zero attached hydrogens (tertiary/aromatic N) is 4. The summed E-state index contributed by atoms with van der Waals surface area (Å²) < 4.78 is 2.28. The zero-order chi connectivity index (χ0) is 22.7. The van der Waals surface area contributed by atoms with E-state index in [-0.39, 0.29) is 43.1 Å². The van der Waals surface area contributed by atoms with Gasteiger partial charge >= 0.3 is 0 Å². The first kappa shape index (κ1) is 31.8. The highest BCUT2D eigenvalue weighted by Crippen LogP contribution is 2.32. The number of aromatic nitrogens is 2. The molecule has 1 aliphatic carbocycles. The fraction of sp³-hybridized carbons (Fsp3) is 0.600. The molecule has 1 aromatic carbocycles. The molecule has 0 bridgehead atoms. The van der Waals surface area contributed by atoms with Crippen LogP contribution in [0.15, 0.2) is 18.2 Å². The van der Waals surface area contributed by atoms with Crippen molar-refractivity contribution < 1.29 is 4.79 Å². The van der Waals surface area contributed by atoms with E-state index in [0.717, 1.165) is 61.2 Å². The molecule has 1 saturated carbocycles. The number of hydrogen-bond acceptors (Lipinski definition) is 4. The van der Waals surface area contributed by atoms with Gasteiger partial charge in [-0.1, -0.05) is 30.5 Å². The molecule has 2 aliphatic rings. The van der Waals surface area contributed by atoms with Crippen molar-refractivity contribution in [2.45, 2.75) is 58.9 Å². The monoisotopic (exact) mass is 565 g/mol. The molecular formula is C25H39Cl4N5O. The zero-order valence-corrected chi connectivity index (χ0v) is 24.1. The van der Waals surface area contributed by atoms with Crippen molar-refractivity contribution in [1.29, 1.82) is 0 Å². The van der Waals surface area contributed by atoms with Crippen molar-refractivity contribution in [3.05, 3.63) is 46.0 Å². The summed E-state index contributed by atoms with van der Waals surface area (Å²) in [5, 5.41) is 3.92. The highest BCUT2D eigenvalue weighted by molar-refractivity contribution is 6.31. The predicted molar refractivity (Wildman–Crippen MR) is 153 cm³/mol. The predicted octanol–water partition coefficient (Wildman–Crippen LogP) is 5.78. The first-order valence-electron chi connectivity index (χ1n) is 12.0. The average Bonchev–Trinajstić information content (AvgIpc) is 3.41. The van der Waals surface area contributed by atoms with Crippen LogP contribution in [0.25, 0.3) is 0 Å². The van der Waals surface area contributed by atoms with Crippen LogP contribution in [0, 0.1) is 20.8 Å². The topological polar surface area (TPSA) is 53.4 Å². The number of aryl methyl sites for hydroxylation is 1. The summed E-state index contributed by atoms with van der Waals surface area (Å²) in [5.41, 5.74) is 4.01. The van der Waals surface area contributed by atoms with Gasteiger partial charge in [-0.15, -0.1) is 37.2 Å². The lowest BCUT2D eigenvalue weighted by molar-refractivity contribution is 0.0946. The van der Waals surface area contributed by atoms with E-state index >= 15 is 0 Å². The molecule has 2 fully saturated rings. The molecule has 1 aliphatic heterocycles. The van der Waals surface area contributed by atoms with Gasteiger partial charge < -0.3 is 14.8 Å². The largest absolute Gasteiger partial charge is 0.369 e. The Kier molecular flexibility index (Phi) is 13.2. The summed E-state index contributed by atoms with van der Waals surface area (Å²) in [6, 6.07) is 6.65. The fourth-order valence-electron chi connectivity index (χ4n) is 5.31. The molecule has 0 radical (unpaired) electrons. The number of anilines is 1. The van der Waals surface area contributed by atoms with Gasteiger partial charge in [-0.05, 0) is 64.3 Å². The average molecular weight is 567 g/mol. The molecule has 4 rings (SSSR count). The number of halogens is 4. The van der Waals surface area contributed by atoms with E-state index in [1.807, 2.05) is 26.0 Å². The number of rotatable bonds is 7. The van der Waals surface area contributed by atoms with E-state index < -0.39 is 0 Å². The van der Waals surface area contributed by atoms with Gasteiger partial charge in [0.2, 0.25) is 0 Å². The van der Waals surface area contributed by atoms with Crippen LogP contribution in [0.4, 0.5) is 5.69 Å². The van der Waals surface area contributed by atoms with Crippen molar-refractivity contribution in [3.8, 4) is 0 Å². The van der Waals surface area contributed by atoms with E-state index in [4.69, 9.17) is 11.6 Å². The smallest absolute Gasteiger partial charge is 0.271 e. The summed E-state index contributed by atoms with van der Waals surface area (Å²) in [7, 11) is 0. The van der Waals surface area contributed by atoms with Gasteiger partial charge in [0, 0.05) is 55.2 Å². The summed E-state index contributed by atoms with van der Waals surface area (Å²) in [5.74, 6) is 0.927. The van der Waals surface area contributed by atoms with Crippen molar-refractivity contribution in [3.63, 3.8) is 0 Å². The standard InChI is InChI=1S/C25H36ClN5O.3ClH/c1-18-22(26)10-6-11-23(18)30-16-14-29(15-17-30)13-7-12-27-25(32)24-19(2)31(20(3)28-24)21-8-4-5-9-21;;;/h6,10-11,21H,4-5,7-9,12-17H2,1-3H3,(H,27,32);3*1H. The second-order valence-electron chi connectivity index (χ2n) is 9.22. The van der Waals surface area contributed by atoms with Gasteiger partial charge in [0.1, 0.15) is 11.5 Å². The molecule has 35 heavy (non-hydrogen) atoms. The molecule has 0 unspecified atom stereocenters. The van der Waals surface area contributed by atoms with Crippen LogP contribution in [0.3, 0.4) is 0 Å². The third-order valence-corrected chi connectivity index (χ3v) is 7.53. The molecule has 0 spiro atoms. The summed E-state index contributed by atoms with van der Waals surface area (Å²) >= 11 is 6.29. The van der Waals surface area contributed by atoms with Gasteiger partial charge in [-0.3, -0.25) is 9.69 Å². The summed E-state index contributed by atoms with van der Waals surface area (Å²) in [6.45, 7) is 11.9. The third-order valence-electron chi connectivity index (χ3n) is 7.12. The number of hydrogen-bond donors (Lipinski definition) is 1. The Hall–Kier alpha value is -1.18. The number of benzene rings is 1. The van der Waals surface area contributed by atoms with E-state index in [1.54, 1.807) is 0 Å². The van der Waals surface area contributed by atoms with Gasteiger partial charge in [0.25, 0.3) is 5.91 Å². The summed E-state index contributed by atoms with van der Waals surface area (Å²) in [4.78, 5) is 22.2. The Morgan fingerprint density at radius 2 is 1.71 bits per heavy atom. The van der Waals surface area contributed by atoms with Crippen LogP contribution in [-0.4, -0.2) is 59.6 Å². The lowest BCUT2D eigenvalue weighted by Crippen LogP contribution is -2.47. The second kappa shape index (κ2) is 14.5. The van der Waals surface area contributed by atoms with Crippen molar-refractivity contribution in [1.82, 2.24) is 19.8 Å². The van der Waals surface area contributed by atoms with Crippen molar-refractivity contribution in [2.24, 2.45) is 0 Å². The van der Waals surface area contributed by atoms with Crippen LogP contribution in [0.1, 0.15) is 65.7 Å². The van der Waals surface area contributed by atoms with E-state index in [2.05, 4.69) is 37.7 Å². The number of imidazole rings is 1. The fourth-order valence-corrected chi connectivity index (χ4v) is 5.48. The van der Waals surface area contributed by atoms with Crippen LogP contribution in [0.2, 0.25) is 5.02 Å². The Morgan fingerprint density at radius 1 is 1.06 bits per heavy atom. The van der Waals surface area contributed by atoms with Gasteiger partial charge in [0.15, 0.2) is 0 Å². The number of piperazine rings is 1. The molecule has 10 heteroatoms. The van der Waals surface area contributed by atoms with Crippen LogP contribution in [0.5, 0.6) is 0 Å². The van der Waals surface area contributed by atoms with Gasteiger partial charge in [-0.2, -0.15) is 0 Å². The van der Waals surface area contributed by atoms with E-state index in [9.17, 15) is 4.79 Å². The van der Waals surface area contributed by atoms with Gasteiger partial charge in [-0.25, -0.2) is 4.98 Å². The molecule has 2 heterocycles. The molecule has 1 saturated heterocycles. The number of carbonyl (C=O) groups excluding carboxylic acids is 1. The Morgan fingerprint density at radius 3 is 2.37 bits per heavy atom. The molecule has 1 amide bonds. The van der Waals surface area contributed by atoms with Crippen LogP contribution < -0.4 is 10.2 Å². The van der Waals surface area contributed by atoms with Crippen molar-refractivity contribution >= 4 is 60.4 Å². The maximum absolute atomic E-state index is 12.7. The molecule has 0 atom stereocenters.